The summed E-state index contributed by atoms with van der Waals surface area (Å²) >= 11 is 0. The quantitative estimate of drug-likeness (QED) is 0.422. The summed E-state index contributed by atoms with van der Waals surface area (Å²) in [6.07, 6.45) is 1.26. The molecule has 2 aromatic carbocycles. The minimum absolute atomic E-state index is 0.0376. The van der Waals surface area contributed by atoms with Gasteiger partial charge in [0.15, 0.2) is 18.1 Å². The van der Waals surface area contributed by atoms with Crippen molar-refractivity contribution in [2.45, 2.75) is 18.4 Å². The van der Waals surface area contributed by atoms with Crippen molar-refractivity contribution in [3.8, 4) is 11.5 Å². The number of halogens is 2. The number of benzene rings is 2. The molecule has 32 heavy (non-hydrogen) atoms. The Morgan fingerprint density at radius 3 is 2.53 bits per heavy atom. The van der Waals surface area contributed by atoms with Crippen LogP contribution in [0.1, 0.15) is 11.1 Å². The number of nitrogens with one attached hydrogen (secondary N) is 1. The zero-order valence-electron chi connectivity index (χ0n) is 17.8. The third kappa shape index (κ3) is 6.62. The number of aryl methyl sites for hydroxylation is 1. The first-order valence-corrected chi connectivity index (χ1v) is 10.6. The summed E-state index contributed by atoms with van der Waals surface area (Å²) in [7, 11) is 0.471. The number of methoxy groups -OCH3 is 1. The van der Waals surface area contributed by atoms with Gasteiger partial charge in [0.05, 0.1) is 18.2 Å². The summed E-state index contributed by atoms with van der Waals surface area (Å²) < 4.78 is 59.6. The van der Waals surface area contributed by atoms with Crippen LogP contribution in [-0.4, -0.2) is 59.3 Å². The first kappa shape index (κ1) is 25.0. The highest BCUT2D eigenvalue weighted by atomic mass is 32.2. The molecule has 2 aromatic rings. The lowest BCUT2D eigenvalue weighted by Gasteiger charge is -2.14. The number of ether oxygens (including phenoxy) is 2. The van der Waals surface area contributed by atoms with Crippen LogP contribution in [0, 0.1) is 6.92 Å². The van der Waals surface area contributed by atoms with Crippen LogP contribution in [0.3, 0.4) is 0 Å². The molecule has 0 aliphatic rings. The average Bonchev–Trinajstić information content (AvgIpc) is 2.73. The number of sulfonamides is 1. The maximum absolute atomic E-state index is 12.4. The number of hydrogen-bond donors (Lipinski definition) is 1. The monoisotopic (exact) mass is 471 g/mol. The molecule has 9 nitrogen and oxygen atoms in total. The van der Waals surface area contributed by atoms with Crippen LogP contribution in [0.5, 0.6) is 11.5 Å². The van der Waals surface area contributed by atoms with E-state index in [0.29, 0.717) is 16.8 Å². The zero-order chi connectivity index (χ0) is 23.9. The summed E-state index contributed by atoms with van der Waals surface area (Å²) in [5, 5.41) is 6.23. The number of anilines is 1. The number of carbonyl (C=O) groups excluding carboxylic acids is 1. The number of amides is 1. The Hall–Kier alpha value is -3.25. The molecule has 0 bridgehead atoms. The van der Waals surface area contributed by atoms with E-state index in [2.05, 4.69) is 15.2 Å². The lowest BCUT2D eigenvalue weighted by atomic mass is 10.2. The molecular formula is C20H23F2N3O6S. The van der Waals surface area contributed by atoms with Gasteiger partial charge in [0.25, 0.3) is 5.91 Å². The van der Waals surface area contributed by atoms with Gasteiger partial charge in [-0.2, -0.15) is 8.78 Å². The van der Waals surface area contributed by atoms with E-state index in [-0.39, 0.29) is 16.4 Å². The van der Waals surface area contributed by atoms with Gasteiger partial charge >= 0.3 is 6.61 Å². The molecule has 12 heteroatoms. The molecule has 0 heterocycles. The van der Waals surface area contributed by atoms with Crippen molar-refractivity contribution >= 4 is 27.8 Å². The van der Waals surface area contributed by atoms with E-state index in [0.717, 1.165) is 4.31 Å². The van der Waals surface area contributed by atoms with Crippen molar-refractivity contribution in [2.24, 2.45) is 5.16 Å². The largest absolute Gasteiger partial charge is 0.493 e. The number of alkyl halides is 2. The highest BCUT2D eigenvalue weighted by Gasteiger charge is 2.18. The Morgan fingerprint density at radius 1 is 1.19 bits per heavy atom. The third-order valence-electron chi connectivity index (χ3n) is 4.14. The van der Waals surface area contributed by atoms with Crippen molar-refractivity contribution in [1.29, 1.82) is 0 Å². The second-order valence-electron chi connectivity index (χ2n) is 6.61. The molecule has 0 unspecified atom stereocenters. The summed E-state index contributed by atoms with van der Waals surface area (Å²) in [6.45, 7) is -1.71. The van der Waals surface area contributed by atoms with Crippen LogP contribution in [0.15, 0.2) is 46.4 Å². The zero-order valence-corrected chi connectivity index (χ0v) is 18.7. The normalized spacial score (nSPS) is 11.8. The predicted octanol–water partition coefficient (Wildman–Crippen LogP) is 2.84. The van der Waals surface area contributed by atoms with Crippen LogP contribution < -0.4 is 14.8 Å². The number of rotatable bonds is 10. The van der Waals surface area contributed by atoms with Gasteiger partial charge in [0.1, 0.15) is 0 Å². The fraction of sp³-hybridized carbons (Fsp3) is 0.300. The first-order chi connectivity index (χ1) is 15.0. The van der Waals surface area contributed by atoms with Gasteiger partial charge in [-0.25, -0.2) is 12.7 Å². The van der Waals surface area contributed by atoms with Crippen LogP contribution in [-0.2, 0) is 19.7 Å². The Bertz CT molecular complexity index is 1090. The second-order valence-corrected chi connectivity index (χ2v) is 8.76. The molecule has 0 saturated heterocycles. The minimum atomic E-state index is -3.65. The Morgan fingerprint density at radius 2 is 1.91 bits per heavy atom. The molecule has 1 amide bonds. The van der Waals surface area contributed by atoms with Crippen molar-refractivity contribution in [3.05, 3.63) is 47.5 Å². The van der Waals surface area contributed by atoms with Gasteiger partial charge in [-0.05, 0) is 42.8 Å². The van der Waals surface area contributed by atoms with Gasteiger partial charge < -0.3 is 19.6 Å². The standard InChI is InChI=1S/C20H23F2N3O6S/c1-13-5-7-15(32(27,28)25(2)3)10-16(13)24-19(26)12-30-23-11-14-6-8-17(31-20(21)22)18(9-14)29-4/h5-11,20H,12H2,1-4H3,(H,24,26). The summed E-state index contributed by atoms with van der Waals surface area (Å²) in [4.78, 5) is 17.1. The molecule has 0 radical (unpaired) electrons. The van der Waals surface area contributed by atoms with E-state index < -0.39 is 29.1 Å². The van der Waals surface area contributed by atoms with Crippen LogP contribution in [0.2, 0.25) is 0 Å². The molecular weight excluding hydrogens is 448 g/mol. The van der Waals surface area contributed by atoms with Gasteiger partial charge in [0.2, 0.25) is 10.0 Å². The minimum Gasteiger partial charge on any atom is -0.493 e. The van der Waals surface area contributed by atoms with Gasteiger partial charge in [-0.3, -0.25) is 4.79 Å². The van der Waals surface area contributed by atoms with Crippen LogP contribution in [0.4, 0.5) is 14.5 Å². The predicted molar refractivity (Wildman–Crippen MR) is 114 cm³/mol. The lowest BCUT2D eigenvalue weighted by molar-refractivity contribution is -0.120. The maximum Gasteiger partial charge on any atom is 0.387 e. The fourth-order valence-electron chi connectivity index (χ4n) is 2.45. The summed E-state index contributed by atoms with van der Waals surface area (Å²) in [5.41, 5.74) is 1.45. The van der Waals surface area contributed by atoms with E-state index in [9.17, 15) is 22.0 Å². The Labute approximate surface area is 184 Å². The fourth-order valence-corrected chi connectivity index (χ4v) is 3.37. The van der Waals surface area contributed by atoms with Gasteiger partial charge in [0, 0.05) is 25.3 Å². The van der Waals surface area contributed by atoms with E-state index in [4.69, 9.17) is 9.57 Å². The van der Waals surface area contributed by atoms with Crippen LogP contribution >= 0.6 is 0 Å². The average molecular weight is 471 g/mol. The number of carbonyl (C=O) groups is 1. The first-order valence-electron chi connectivity index (χ1n) is 9.15. The number of nitrogens with zero attached hydrogens (tertiary/aromatic N) is 2. The van der Waals surface area contributed by atoms with E-state index in [1.54, 1.807) is 13.0 Å². The van der Waals surface area contributed by atoms with Crippen molar-refractivity contribution in [1.82, 2.24) is 4.31 Å². The van der Waals surface area contributed by atoms with E-state index in [1.165, 1.54) is 57.8 Å². The molecule has 0 aliphatic carbocycles. The smallest absolute Gasteiger partial charge is 0.387 e. The van der Waals surface area contributed by atoms with E-state index in [1.807, 2.05) is 0 Å². The lowest BCUT2D eigenvalue weighted by Crippen LogP contribution is -2.23. The summed E-state index contributed by atoms with van der Waals surface area (Å²) in [6, 6.07) is 8.54. The van der Waals surface area contributed by atoms with Crippen molar-refractivity contribution in [2.75, 3.05) is 33.1 Å². The Kier molecular flexibility index (Phi) is 8.49. The molecule has 174 valence electrons. The topological polar surface area (TPSA) is 107 Å². The molecule has 0 fully saturated rings. The molecule has 0 aromatic heterocycles. The Balaban J connectivity index is 1.99. The van der Waals surface area contributed by atoms with E-state index >= 15 is 0 Å². The molecule has 1 N–H and O–H groups in total. The van der Waals surface area contributed by atoms with Crippen LogP contribution in [0.25, 0.3) is 0 Å². The maximum atomic E-state index is 12.4. The second kappa shape index (κ2) is 10.9. The molecule has 0 atom stereocenters. The highest BCUT2D eigenvalue weighted by molar-refractivity contribution is 7.89. The molecule has 2 rings (SSSR count). The molecule has 0 aliphatic heterocycles. The van der Waals surface area contributed by atoms with Crippen molar-refractivity contribution in [3.63, 3.8) is 0 Å². The molecule has 0 spiro atoms. The molecule has 0 saturated carbocycles. The summed E-state index contributed by atoms with van der Waals surface area (Å²) in [5.74, 6) is -0.605. The number of hydrogen-bond acceptors (Lipinski definition) is 7. The number of oxime groups is 1. The third-order valence-corrected chi connectivity index (χ3v) is 5.95. The highest BCUT2D eigenvalue weighted by Crippen LogP contribution is 2.29. The SMILES string of the molecule is COc1cc(C=NOCC(=O)Nc2cc(S(=O)(=O)N(C)C)ccc2C)ccc1OC(F)F. The van der Waals surface area contributed by atoms with Gasteiger partial charge in [-0.15, -0.1) is 0 Å². The van der Waals surface area contributed by atoms with Crippen molar-refractivity contribution < 1.29 is 36.3 Å². The van der Waals surface area contributed by atoms with Gasteiger partial charge in [-0.1, -0.05) is 11.2 Å².